The van der Waals surface area contributed by atoms with Gasteiger partial charge in [0.2, 0.25) is 0 Å². The Morgan fingerprint density at radius 1 is 1.44 bits per heavy atom. The number of esters is 1. The van der Waals surface area contributed by atoms with E-state index in [1.54, 1.807) is 0 Å². The van der Waals surface area contributed by atoms with Crippen LogP contribution in [0, 0.1) is 0 Å². The van der Waals surface area contributed by atoms with E-state index in [1.807, 2.05) is 0 Å². The van der Waals surface area contributed by atoms with Gasteiger partial charge in [-0.1, -0.05) is 0 Å². The zero-order valence-corrected chi connectivity index (χ0v) is 9.67. The number of carbonyl (C=O) groups excluding carboxylic acids is 1. The maximum atomic E-state index is 9.65. The van der Waals surface area contributed by atoms with Gasteiger partial charge in [-0.15, -0.1) is 0 Å². The molecule has 0 rings (SSSR count). The molecule has 0 heterocycles. The first-order chi connectivity index (χ1) is 3.13. The van der Waals surface area contributed by atoms with Gasteiger partial charge in [0, 0.05) is 6.92 Å². The van der Waals surface area contributed by atoms with E-state index in [4.69, 9.17) is 5.11 Å². The molecule has 4 nitrogen and oxygen atoms in total. The van der Waals surface area contributed by atoms with Gasteiger partial charge < -0.3 is 12.7 Å². The molecule has 1 N–H and O–H groups in total. The van der Waals surface area contributed by atoms with Crippen LogP contribution in [0.3, 0.4) is 0 Å². The van der Waals surface area contributed by atoms with E-state index in [0.717, 1.165) is 6.92 Å². The second-order valence-corrected chi connectivity index (χ2v) is 0.860. The molecule has 44 valence electrons. The molecule has 0 aromatic rings. The maximum absolute atomic E-state index is 9.65. The Morgan fingerprint density at radius 3 is 1.78 bits per heavy atom. The number of hydrogen-bond acceptors (Lipinski definition) is 3. The number of hydrogen-bond donors (Lipinski definition) is 1. The van der Waals surface area contributed by atoms with Crippen molar-refractivity contribution < 1.29 is 81.4 Å². The van der Waals surface area contributed by atoms with Crippen molar-refractivity contribution in [2.24, 2.45) is 0 Å². The summed E-state index contributed by atoms with van der Waals surface area (Å²) in [6.07, 6.45) is -1.56. The van der Waals surface area contributed by atoms with E-state index < -0.39 is 12.1 Å². The summed E-state index contributed by atoms with van der Waals surface area (Å²) in [4.78, 5) is 19.0. The molecule has 0 amide bonds. The molecule has 0 aliphatic heterocycles. The third-order valence-electron chi connectivity index (χ3n) is 0.231. The molecule has 0 aromatic carbocycles. The predicted molar refractivity (Wildman–Crippen MR) is 22.0 cm³/mol. The standard InChI is InChI=1S/C3H4O4.2Na.2H/c1-2(4)7-3(5)6;;;;/h1H3,(H,5,6);;;;/q;2*+1;2*-1. The normalized spacial score (nSPS) is 5.89. The van der Waals surface area contributed by atoms with Crippen LogP contribution in [-0.4, -0.2) is 17.2 Å². The van der Waals surface area contributed by atoms with Crippen LogP contribution in [0.25, 0.3) is 0 Å². The van der Waals surface area contributed by atoms with E-state index >= 15 is 0 Å². The Bertz CT molecular complexity index is 97.5. The Balaban J connectivity index is -0.0000000300. The molecule has 0 spiro atoms. The molecule has 0 aromatic heterocycles. The Morgan fingerprint density at radius 2 is 1.78 bits per heavy atom. The Hall–Kier alpha value is 0.940. The van der Waals surface area contributed by atoms with Crippen molar-refractivity contribution in [3.63, 3.8) is 0 Å². The smallest absolute Gasteiger partial charge is 1.00 e. The van der Waals surface area contributed by atoms with E-state index in [2.05, 4.69) is 4.74 Å². The fourth-order valence-corrected chi connectivity index (χ4v) is 0.123. The van der Waals surface area contributed by atoms with Gasteiger partial charge in [-0.25, -0.2) is 4.79 Å². The number of carboxylic acid groups (broad SMARTS) is 1. The van der Waals surface area contributed by atoms with Crippen molar-refractivity contribution in [1.29, 1.82) is 0 Å². The molecule has 0 aliphatic carbocycles. The molecule has 0 atom stereocenters. The molecule has 0 fully saturated rings. The summed E-state index contributed by atoms with van der Waals surface area (Å²) in [5.41, 5.74) is 0. The molecule has 0 unspecified atom stereocenters. The molecule has 0 aliphatic rings. The molecule has 6 heteroatoms. The van der Waals surface area contributed by atoms with Gasteiger partial charge >= 0.3 is 71.2 Å². The molecule has 0 saturated carbocycles. The summed E-state index contributed by atoms with van der Waals surface area (Å²) in [6, 6.07) is 0. The van der Waals surface area contributed by atoms with E-state index in [0.29, 0.717) is 0 Å². The third-order valence-corrected chi connectivity index (χ3v) is 0.231. The van der Waals surface area contributed by atoms with Crippen molar-refractivity contribution in [2.45, 2.75) is 6.92 Å². The van der Waals surface area contributed by atoms with Gasteiger partial charge in [-0.2, -0.15) is 0 Å². The van der Waals surface area contributed by atoms with E-state index in [1.165, 1.54) is 0 Å². The quantitative estimate of drug-likeness (QED) is 0.213. The molecule has 9 heavy (non-hydrogen) atoms. The fourth-order valence-electron chi connectivity index (χ4n) is 0.123. The van der Waals surface area contributed by atoms with Gasteiger partial charge in [-0.05, 0) is 0 Å². The van der Waals surface area contributed by atoms with Crippen molar-refractivity contribution >= 4 is 12.1 Å². The first-order valence-corrected chi connectivity index (χ1v) is 1.54. The summed E-state index contributed by atoms with van der Waals surface area (Å²) in [5, 5.41) is 7.64. The van der Waals surface area contributed by atoms with E-state index in [-0.39, 0.29) is 62.0 Å². The first kappa shape index (κ1) is 16.5. The number of rotatable bonds is 0. The average Bonchev–Trinajstić information content (AvgIpc) is 1.27. The van der Waals surface area contributed by atoms with Crippen LogP contribution in [0.4, 0.5) is 4.79 Å². The summed E-state index contributed by atoms with van der Waals surface area (Å²) < 4.78 is 3.53. The fraction of sp³-hybridized carbons (Fsp3) is 0.333. The van der Waals surface area contributed by atoms with Crippen LogP contribution < -0.4 is 59.1 Å². The second-order valence-electron chi connectivity index (χ2n) is 0.860. The van der Waals surface area contributed by atoms with Gasteiger partial charge in [0.25, 0.3) is 0 Å². The molecule has 0 radical (unpaired) electrons. The van der Waals surface area contributed by atoms with Gasteiger partial charge in [0.1, 0.15) is 0 Å². The number of ether oxygens (including phenoxy) is 1. The van der Waals surface area contributed by atoms with Crippen LogP contribution >= 0.6 is 0 Å². The zero-order chi connectivity index (χ0) is 5.86. The monoisotopic (exact) mass is 152 g/mol. The van der Waals surface area contributed by atoms with Gasteiger partial charge in [0.05, 0.1) is 0 Å². The van der Waals surface area contributed by atoms with Crippen molar-refractivity contribution in [3.8, 4) is 0 Å². The van der Waals surface area contributed by atoms with Gasteiger partial charge in [0.15, 0.2) is 0 Å². The largest absolute Gasteiger partial charge is 1.00 e. The second kappa shape index (κ2) is 8.94. The topological polar surface area (TPSA) is 63.6 Å². The summed E-state index contributed by atoms with van der Waals surface area (Å²) in [6.45, 7) is 1.02. The first-order valence-electron chi connectivity index (χ1n) is 1.54. The molecule has 0 saturated heterocycles. The number of carbonyl (C=O) groups is 2. The SMILES string of the molecule is CC(=O)OC(=O)O.[H-].[H-].[Na+].[Na+]. The van der Waals surface area contributed by atoms with Crippen molar-refractivity contribution in [1.82, 2.24) is 0 Å². The van der Waals surface area contributed by atoms with Crippen LogP contribution in [0.15, 0.2) is 0 Å². The van der Waals surface area contributed by atoms with Crippen LogP contribution in [0.5, 0.6) is 0 Å². The van der Waals surface area contributed by atoms with Crippen LogP contribution in [0.2, 0.25) is 0 Å². The molecular weight excluding hydrogens is 146 g/mol. The van der Waals surface area contributed by atoms with E-state index in [9.17, 15) is 9.59 Å². The van der Waals surface area contributed by atoms with Gasteiger partial charge in [-0.3, -0.25) is 4.79 Å². The van der Waals surface area contributed by atoms with Crippen LogP contribution in [-0.2, 0) is 9.53 Å². The van der Waals surface area contributed by atoms with Crippen LogP contribution in [0.1, 0.15) is 9.78 Å². The Labute approximate surface area is 99.5 Å². The Kier molecular flexibility index (Phi) is 16.4. The van der Waals surface area contributed by atoms with Crippen molar-refractivity contribution in [3.05, 3.63) is 0 Å². The minimum atomic E-state index is -1.56. The van der Waals surface area contributed by atoms with Crippen molar-refractivity contribution in [2.75, 3.05) is 0 Å². The summed E-state index contributed by atoms with van der Waals surface area (Å²) in [5.74, 6) is -0.812. The predicted octanol–water partition coefficient (Wildman–Crippen LogP) is -5.54. The maximum Gasteiger partial charge on any atom is 1.00 e. The molecular formula is C3H6Na2O4. The third kappa shape index (κ3) is 17.6. The zero-order valence-electron chi connectivity index (χ0n) is 7.67. The molecule has 0 bridgehead atoms. The minimum Gasteiger partial charge on any atom is -1.00 e. The summed E-state index contributed by atoms with van der Waals surface area (Å²) in [7, 11) is 0. The summed E-state index contributed by atoms with van der Waals surface area (Å²) >= 11 is 0. The average molecular weight is 152 g/mol. The minimum absolute atomic E-state index is 0.